The highest BCUT2D eigenvalue weighted by Crippen LogP contribution is 2.47. The molecule has 6 nitrogen and oxygen atoms in total. The van der Waals surface area contributed by atoms with Gasteiger partial charge in [-0.25, -0.2) is 0 Å². The van der Waals surface area contributed by atoms with Crippen LogP contribution in [0.3, 0.4) is 0 Å². The van der Waals surface area contributed by atoms with Gasteiger partial charge in [0.05, 0.1) is 34.2 Å². The van der Waals surface area contributed by atoms with Gasteiger partial charge in [0.1, 0.15) is 6.04 Å². The summed E-state index contributed by atoms with van der Waals surface area (Å²) in [5, 5.41) is 10.3. The van der Waals surface area contributed by atoms with E-state index in [1.807, 2.05) is 0 Å². The van der Waals surface area contributed by atoms with Crippen LogP contribution in [-0.4, -0.2) is 25.5 Å². The number of benzene rings is 1. The first-order valence-corrected chi connectivity index (χ1v) is 11.0. The SMILES string of the molecule is CC(C(=O)Nc1cnn(Cc2cccc(C(F)(F)F)c2)c1)n1nc(C(F)(F)F)c(Br)c1C1CC1. The zero-order valence-electron chi connectivity index (χ0n) is 17.6. The summed E-state index contributed by atoms with van der Waals surface area (Å²) < 4.78 is 81.0. The first-order chi connectivity index (χ1) is 15.8. The molecule has 1 N–H and O–H groups in total. The van der Waals surface area contributed by atoms with E-state index >= 15 is 0 Å². The van der Waals surface area contributed by atoms with Crippen LogP contribution < -0.4 is 5.32 Å². The Kier molecular flexibility index (Phi) is 6.25. The molecule has 1 atom stereocenters. The van der Waals surface area contributed by atoms with Gasteiger partial charge in [-0.3, -0.25) is 14.2 Å². The summed E-state index contributed by atoms with van der Waals surface area (Å²) in [6.07, 6.45) is -5.00. The van der Waals surface area contributed by atoms with Crippen molar-refractivity contribution in [3.63, 3.8) is 0 Å². The molecule has 2 aromatic heterocycles. The van der Waals surface area contributed by atoms with E-state index in [9.17, 15) is 31.1 Å². The highest BCUT2D eigenvalue weighted by molar-refractivity contribution is 9.10. The summed E-state index contributed by atoms with van der Waals surface area (Å²) in [5.74, 6) is -0.715. The third kappa shape index (κ3) is 5.13. The number of carbonyl (C=O) groups excluding carboxylic acids is 1. The number of amides is 1. The van der Waals surface area contributed by atoms with Gasteiger partial charge >= 0.3 is 12.4 Å². The summed E-state index contributed by atoms with van der Waals surface area (Å²) in [7, 11) is 0. The minimum Gasteiger partial charge on any atom is -0.322 e. The fourth-order valence-electron chi connectivity index (χ4n) is 3.53. The normalized spacial score (nSPS) is 15.4. The second-order valence-corrected chi connectivity index (χ2v) is 8.85. The maximum Gasteiger partial charge on any atom is 0.436 e. The number of hydrogen-bond donors (Lipinski definition) is 1. The van der Waals surface area contributed by atoms with Crippen molar-refractivity contribution in [2.75, 3.05) is 5.32 Å². The number of halogens is 7. The van der Waals surface area contributed by atoms with Crippen LogP contribution >= 0.6 is 15.9 Å². The molecule has 0 radical (unpaired) electrons. The maximum absolute atomic E-state index is 13.3. The third-order valence-corrected chi connectivity index (χ3v) is 6.15. The van der Waals surface area contributed by atoms with Gasteiger partial charge in [0.15, 0.2) is 5.69 Å². The minimum absolute atomic E-state index is 0.0300. The summed E-state index contributed by atoms with van der Waals surface area (Å²) >= 11 is 3.00. The van der Waals surface area contributed by atoms with Crippen LogP contribution in [0.1, 0.15) is 54.2 Å². The average Bonchev–Trinajstić information content (AvgIpc) is 3.38. The highest BCUT2D eigenvalue weighted by atomic mass is 79.9. The van der Waals surface area contributed by atoms with Crippen molar-refractivity contribution < 1.29 is 31.1 Å². The fraction of sp³-hybridized carbons (Fsp3) is 0.381. The number of nitrogens with zero attached hydrogens (tertiary/aromatic N) is 4. The molecular weight excluding hydrogens is 532 g/mol. The molecule has 1 saturated carbocycles. The van der Waals surface area contributed by atoms with Gasteiger partial charge in [-0.15, -0.1) is 0 Å². The van der Waals surface area contributed by atoms with Crippen molar-refractivity contribution in [3.8, 4) is 0 Å². The molecule has 3 aromatic rings. The van der Waals surface area contributed by atoms with E-state index in [1.54, 1.807) is 0 Å². The number of hydrogen-bond acceptors (Lipinski definition) is 3. The molecule has 1 amide bonds. The van der Waals surface area contributed by atoms with Gasteiger partial charge in [0.25, 0.3) is 0 Å². The average molecular weight is 550 g/mol. The molecule has 1 aliphatic rings. The van der Waals surface area contributed by atoms with Crippen molar-refractivity contribution in [1.29, 1.82) is 0 Å². The zero-order valence-corrected chi connectivity index (χ0v) is 19.2. The Morgan fingerprint density at radius 1 is 1.21 bits per heavy atom. The third-order valence-electron chi connectivity index (χ3n) is 5.37. The summed E-state index contributed by atoms with van der Waals surface area (Å²) in [6, 6.07) is 3.74. The molecule has 1 fully saturated rings. The van der Waals surface area contributed by atoms with E-state index in [4.69, 9.17) is 0 Å². The van der Waals surface area contributed by atoms with Gasteiger partial charge in [0, 0.05) is 12.1 Å². The van der Waals surface area contributed by atoms with E-state index < -0.39 is 35.6 Å². The van der Waals surface area contributed by atoms with Crippen molar-refractivity contribution in [2.45, 2.75) is 50.6 Å². The predicted molar refractivity (Wildman–Crippen MR) is 113 cm³/mol. The van der Waals surface area contributed by atoms with Crippen LogP contribution in [0.15, 0.2) is 41.1 Å². The summed E-state index contributed by atoms with van der Waals surface area (Å²) in [6.45, 7) is 1.47. The Balaban J connectivity index is 1.48. The molecule has 1 aliphatic carbocycles. The van der Waals surface area contributed by atoms with Crippen LogP contribution in [0.4, 0.5) is 32.0 Å². The van der Waals surface area contributed by atoms with Crippen molar-refractivity contribution in [3.05, 3.63) is 63.6 Å². The topological polar surface area (TPSA) is 64.7 Å². The largest absolute Gasteiger partial charge is 0.436 e. The molecule has 0 bridgehead atoms. The quantitative estimate of drug-likeness (QED) is 0.383. The summed E-state index contributed by atoms with van der Waals surface area (Å²) in [5.41, 5.74) is -0.925. The molecule has 0 spiro atoms. The van der Waals surface area contributed by atoms with E-state index in [2.05, 4.69) is 31.4 Å². The molecule has 2 heterocycles. The Bertz CT molecular complexity index is 1210. The van der Waals surface area contributed by atoms with E-state index in [-0.39, 0.29) is 22.6 Å². The second kappa shape index (κ2) is 8.75. The van der Waals surface area contributed by atoms with Crippen LogP contribution in [0, 0.1) is 0 Å². The van der Waals surface area contributed by atoms with Crippen molar-refractivity contribution in [2.24, 2.45) is 0 Å². The Morgan fingerprint density at radius 2 is 1.91 bits per heavy atom. The molecule has 13 heteroatoms. The van der Waals surface area contributed by atoms with Gasteiger partial charge in [-0.05, 0) is 53.4 Å². The number of alkyl halides is 6. The Hall–Kier alpha value is -2.83. The molecule has 34 heavy (non-hydrogen) atoms. The van der Waals surface area contributed by atoms with Crippen LogP contribution in [0.5, 0.6) is 0 Å². The van der Waals surface area contributed by atoms with Gasteiger partial charge < -0.3 is 5.32 Å². The van der Waals surface area contributed by atoms with Gasteiger partial charge in [-0.2, -0.15) is 36.5 Å². The lowest BCUT2D eigenvalue weighted by atomic mass is 10.1. The number of anilines is 1. The second-order valence-electron chi connectivity index (χ2n) is 8.05. The zero-order chi connectivity index (χ0) is 24.8. The first-order valence-electron chi connectivity index (χ1n) is 10.2. The number of rotatable bonds is 6. The molecule has 182 valence electrons. The molecular formula is C21H18BrF6N5O. The lowest BCUT2D eigenvalue weighted by Gasteiger charge is -2.15. The molecule has 4 rings (SSSR count). The lowest BCUT2D eigenvalue weighted by molar-refractivity contribution is -0.142. The van der Waals surface area contributed by atoms with E-state index in [0.717, 1.165) is 16.8 Å². The Morgan fingerprint density at radius 3 is 2.53 bits per heavy atom. The number of nitrogens with one attached hydrogen (secondary N) is 1. The summed E-state index contributed by atoms with van der Waals surface area (Å²) in [4.78, 5) is 12.8. The smallest absolute Gasteiger partial charge is 0.322 e. The molecule has 0 aliphatic heterocycles. The van der Waals surface area contributed by atoms with Crippen LogP contribution in [0.25, 0.3) is 0 Å². The van der Waals surface area contributed by atoms with Crippen molar-refractivity contribution >= 4 is 27.5 Å². The van der Waals surface area contributed by atoms with Gasteiger partial charge in [0.2, 0.25) is 5.91 Å². The first kappa shape index (κ1) is 24.3. The molecule has 1 aromatic carbocycles. The lowest BCUT2D eigenvalue weighted by Crippen LogP contribution is -2.26. The number of carbonyl (C=O) groups is 1. The number of aromatic nitrogens is 4. The van der Waals surface area contributed by atoms with E-state index in [1.165, 1.54) is 36.1 Å². The van der Waals surface area contributed by atoms with E-state index in [0.29, 0.717) is 24.1 Å². The van der Waals surface area contributed by atoms with Gasteiger partial charge in [-0.1, -0.05) is 12.1 Å². The van der Waals surface area contributed by atoms with Crippen LogP contribution in [0.2, 0.25) is 0 Å². The minimum atomic E-state index is -4.67. The fourth-order valence-corrected chi connectivity index (χ4v) is 4.34. The molecule has 0 saturated heterocycles. The van der Waals surface area contributed by atoms with Crippen molar-refractivity contribution in [1.82, 2.24) is 19.6 Å². The monoisotopic (exact) mass is 549 g/mol. The maximum atomic E-state index is 13.3. The predicted octanol–water partition coefficient (Wildman–Crippen LogP) is 6.01. The highest BCUT2D eigenvalue weighted by Gasteiger charge is 2.43. The standard InChI is InChI=1S/C21H18BrF6N5O/c1-11(33-17(13-5-6-13)16(22)18(31-33)21(26,27)28)19(34)30-15-8-29-32(10-15)9-12-3-2-4-14(7-12)20(23,24)25/h2-4,7-8,10-11,13H,5-6,9H2,1H3,(H,30,34). The Labute approximate surface area is 198 Å². The molecule has 1 unspecified atom stereocenters. The van der Waals surface area contributed by atoms with Crippen LogP contribution in [-0.2, 0) is 23.7 Å².